The van der Waals surface area contributed by atoms with Crippen LogP contribution in [-0.4, -0.2) is 29.4 Å². The third kappa shape index (κ3) is 20.6. The van der Waals surface area contributed by atoms with E-state index in [1.807, 2.05) is 30.3 Å². The maximum absolute atomic E-state index is 12.8. The van der Waals surface area contributed by atoms with Crippen molar-refractivity contribution in [3.63, 3.8) is 0 Å². The first-order valence-corrected chi connectivity index (χ1v) is 14.8. The second-order valence-corrected chi connectivity index (χ2v) is 10.2. The number of carbonyl (C=O) groups is 2. The van der Waals surface area contributed by atoms with Gasteiger partial charge in [-0.1, -0.05) is 127 Å². The van der Waals surface area contributed by atoms with E-state index in [1.165, 1.54) is 57.8 Å². The number of hydrogen-bond acceptors (Lipinski definition) is 4. The molecule has 1 aromatic rings. The first kappa shape index (κ1) is 36.6. The standard InChI is InChI=1S/C31H52N2O4.Na/c1-2-3-4-5-6-7-8-9-10-11-13-19-24-28(34)33-30(27-22-17-16-18-23-27)31(37)32-26-21-15-12-14-20-25-29(35)36;/h16-18,22-23,30H,2-15,19-21,24-26H2,1H3,(H,32,37)(H,33,34)(H,35,36);/q;+1/p-1/t30-;/m1./s1. The van der Waals surface area contributed by atoms with Crippen molar-refractivity contribution < 1.29 is 49.4 Å². The van der Waals surface area contributed by atoms with E-state index < -0.39 is 12.0 Å². The molecule has 0 unspecified atom stereocenters. The van der Waals surface area contributed by atoms with Crippen LogP contribution in [0.15, 0.2) is 35.3 Å². The van der Waals surface area contributed by atoms with Gasteiger partial charge in [-0.3, -0.25) is 14.6 Å². The number of carboxylic acid groups (broad SMARTS) is 1. The molecule has 210 valence electrons. The molecule has 1 atom stereocenters. The van der Waals surface area contributed by atoms with E-state index in [-0.39, 0.29) is 47.8 Å². The van der Waals surface area contributed by atoms with Crippen molar-refractivity contribution in [2.45, 2.75) is 135 Å². The fourth-order valence-corrected chi connectivity index (χ4v) is 4.49. The largest absolute Gasteiger partial charge is 1.00 e. The van der Waals surface area contributed by atoms with Crippen LogP contribution in [0.5, 0.6) is 0 Å². The normalized spacial score (nSPS) is 12.1. The average Bonchev–Trinajstić information content (AvgIpc) is 2.89. The van der Waals surface area contributed by atoms with Gasteiger partial charge in [-0.25, -0.2) is 0 Å². The smallest absolute Gasteiger partial charge is 0.862 e. The number of amides is 1. The molecule has 1 aromatic carbocycles. The summed E-state index contributed by atoms with van der Waals surface area (Å²) in [4.78, 5) is 27.7. The van der Waals surface area contributed by atoms with Crippen LogP contribution in [0.1, 0.15) is 141 Å². The third-order valence-electron chi connectivity index (χ3n) is 6.75. The van der Waals surface area contributed by atoms with Crippen LogP contribution in [0, 0.1) is 0 Å². The molecule has 0 aliphatic carbocycles. The van der Waals surface area contributed by atoms with Gasteiger partial charge in [0, 0.05) is 13.0 Å². The van der Waals surface area contributed by atoms with Gasteiger partial charge in [0.25, 0.3) is 0 Å². The van der Waals surface area contributed by atoms with Crippen molar-refractivity contribution in [2.75, 3.05) is 6.54 Å². The van der Waals surface area contributed by atoms with E-state index in [4.69, 9.17) is 5.11 Å². The van der Waals surface area contributed by atoms with Gasteiger partial charge in [-0.05, 0) is 37.1 Å². The molecule has 7 heteroatoms. The Kier molecular flexibility index (Phi) is 25.0. The molecule has 0 aliphatic rings. The number of nitrogens with one attached hydrogen (secondary N) is 1. The first-order chi connectivity index (χ1) is 18.0. The zero-order valence-electron chi connectivity index (χ0n) is 24.2. The molecule has 0 bridgehead atoms. The van der Waals surface area contributed by atoms with Crippen molar-refractivity contribution in [3.05, 3.63) is 35.9 Å². The van der Waals surface area contributed by atoms with Gasteiger partial charge < -0.3 is 15.5 Å². The molecule has 0 spiro atoms. The molecular weight excluding hydrogens is 487 g/mol. The Hall–Kier alpha value is -1.37. The van der Waals surface area contributed by atoms with Gasteiger partial charge in [0.1, 0.15) is 0 Å². The van der Waals surface area contributed by atoms with Crippen LogP contribution in [0.3, 0.4) is 0 Å². The first-order valence-electron chi connectivity index (χ1n) is 14.8. The molecule has 6 nitrogen and oxygen atoms in total. The predicted octanol–water partition coefficient (Wildman–Crippen LogP) is 4.12. The summed E-state index contributed by atoms with van der Waals surface area (Å²) in [5, 5.41) is 24.2. The minimum absolute atomic E-state index is 0. The molecule has 1 amide bonds. The minimum Gasteiger partial charge on any atom is -0.862 e. The molecule has 0 saturated heterocycles. The van der Waals surface area contributed by atoms with Crippen LogP contribution >= 0.6 is 0 Å². The van der Waals surface area contributed by atoms with Crippen LogP contribution < -0.4 is 40.0 Å². The monoisotopic (exact) mass is 538 g/mol. The topological polar surface area (TPSA) is 102 Å². The fraction of sp³-hybridized carbons (Fsp3) is 0.710. The number of hydrogen-bond donors (Lipinski definition) is 2. The van der Waals surface area contributed by atoms with Crippen molar-refractivity contribution in [1.82, 2.24) is 5.32 Å². The molecule has 2 N–H and O–H groups in total. The molecule has 0 radical (unpaired) electrons. The zero-order valence-corrected chi connectivity index (χ0v) is 26.2. The predicted molar refractivity (Wildman–Crippen MR) is 151 cm³/mol. The van der Waals surface area contributed by atoms with Crippen molar-refractivity contribution >= 4 is 17.8 Å². The second-order valence-electron chi connectivity index (χ2n) is 10.2. The molecule has 0 heterocycles. The zero-order chi connectivity index (χ0) is 27.0. The minimum atomic E-state index is -0.804. The summed E-state index contributed by atoms with van der Waals surface area (Å²) in [6.45, 7) is 2.78. The number of unbranched alkanes of at least 4 members (excludes halogenated alkanes) is 15. The number of carbonyl (C=O) groups excluding carboxylic acids is 1. The Labute approximate surface area is 253 Å². The van der Waals surface area contributed by atoms with Crippen molar-refractivity contribution in [3.8, 4) is 0 Å². The Bertz CT molecular complexity index is 743. The Morgan fingerprint density at radius 3 is 1.76 bits per heavy atom. The van der Waals surface area contributed by atoms with Gasteiger partial charge in [-0.15, -0.1) is 0 Å². The summed E-state index contributed by atoms with van der Waals surface area (Å²) in [7, 11) is 0. The molecule has 1 rings (SSSR count). The summed E-state index contributed by atoms with van der Waals surface area (Å²) in [6, 6.07) is 8.48. The number of benzene rings is 1. The van der Waals surface area contributed by atoms with Crippen LogP contribution in [0.4, 0.5) is 0 Å². The Morgan fingerprint density at radius 2 is 1.24 bits per heavy atom. The van der Waals surface area contributed by atoms with Gasteiger partial charge in [0.2, 0.25) is 5.91 Å². The van der Waals surface area contributed by atoms with Gasteiger partial charge in [-0.2, -0.15) is 0 Å². The summed E-state index contributed by atoms with van der Waals surface area (Å²) < 4.78 is 0. The molecule has 0 aliphatic heterocycles. The maximum atomic E-state index is 12.8. The molecule has 0 saturated carbocycles. The van der Waals surface area contributed by atoms with Gasteiger partial charge in [0.05, 0.1) is 0 Å². The Balaban J connectivity index is 0.0000137. The van der Waals surface area contributed by atoms with E-state index in [0.29, 0.717) is 19.4 Å². The second kappa shape index (κ2) is 25.9. The number of nitrogens with zero attached hydrogens (tertiary/aromatic N) is 1. The SMILES string of the molecule is CCCCCCCCCCCCCCC([O-])=N[C@@H](C(=O)NCCCCCCCC(=O)O)c1ccccc1.[Na+]. The van der Waals surface area contributed by atoms with E-state index >= 15 is 0 Å². The summed E-state index contributed by atoms with van der Waals surface area (Å²) in [5.41, 5.74) is 0.733. The van der Waals surface area contributed by atoms with Gasteiger partial charge >= 0.3 is 35.5 Å². The molecule has 38 heavy (non-hydrogen) atoms. The van der Waals surface area contributed by atoms with E-state index in [2.05, 4.69) is 17.2 Å². The molecular formula is C31H51N2NaO4. The number of aliphatic carboxylic acids is 1. The summed E-state index contributed by atoms with van der Waals surface area (Å²) in [6.07, 6.45) is 19.9. The van der Waals surface area contributed by atoms with Crippen molar-refractivity contribution in [1.29, 1.82) is 0 Å². The van der Waals surface area contributed by atoms with Crippen LogP contribution in [0.2, 0.25) is 0 Å². The van der Waals surface area contributed by atoms with E-state index in [9.17, 15) is 14.7 Å². The summed E-state index contributed by atoms with van der Waals surface area (Å²) >= 11 is 0. The van der Waals surface area contributed by atoms with Crippen LogP contribution in [0.25, 0.3) is 0 Å². The third-order valence-corrected chi connectivity index (χ3v) is 6.75. The maximum Gasteiger partial charge on any atom is 1.00 e. The molecule has 0 fully saturated rings. The summed E-state index contributed by atoms with van der Waals surface area (Å²) in [5.74, 6) is -1.19. The van der Waals surface area contributed by atoms with E-state index in [0.717, 1.165) is 50.5 Å². The fourth-order valence-electron chi connectivity index (χ4n) is 4.49. The number of aliphatic imine (C=N–C) groups is 1. The van der Waals surface area contributed by atoms with Crippen molar-refractivity contribution in [2.24, 2.45) is 4.99 Å². The van der Waals surface area contributed by atoms with Gasteiger partial charge in [0.15, 0.2) is 6.04 Å². The Morgan fingerprint density at radius 1 is 0.763 bits per heavy atom. The average molecular weight is 539 g/mol. The van der Waals surface area contributed by atoms with E-state index in [1.54, 1.807) is 0 Å². The molecule has 0 aromatic heterocycles. The number of carboxylic acids is 1. The quantitative estimate of drug-likeness (QED) is 0.0895. The van der Waals surface area contributed by atoms with Crippen LogP contribution in [-0.2, 0) is 9.59 Å². The number of rotatable bonds is 24.